The minimum absolute atomic E-state index is 0.114. The molecule has 5 rings (SSSR count). The molecule has 0 spiro atoms. The zero-order chi connectivity index (χ0) is 28.7. The topological polar surface area (TPSA) is 86.2 Å². The Kier molecular flexibility index (Phi) is 7.43. The van der Waals surface area contributed by atoms with Gasteiger partial charge in [0.2, 0.25) is 5.13 Å². The van der Waals surface area contributed by atoms with Gasteiger partial charge in [0.25, 0.3) is 0 Å². The highest BCUT2D eigenvalue weighted by Gasteiger charge is 2.33. The van der Waals surface area contributed by atoms with Gasteiger partial charge in [0.05, 0.1) is 11.1 Å². The van der Waals surface area contributed by atoms with Crippen molar-refractivity contribution in [2.24, 2.45) is 0 Å². The average Bonchev–Trinajstić information content (AvgIpc) is 3.34. The molecule has 0 atom stereocenters. The number of aromatic nitrogens is 3. The second-order valence-corrected chi connectivity index (χ2v) is 11.9. The van der Waals surface area contributed by atoms with E-state index >= 15 is 0 Å². The summed E-state index contributed by atoms with van der Waals surface area (Å²) in [6, 6.07) is 14.1. The molecule has 0 bridgehead atoms. The molecule has 1 fully saturated rings. The number of fused-ring (bicyclic) bond motifs is 1. The number of esters is 1. The molecule has 2 aromatic carbocycles. The number of pyridine rings is 1. The SMILES string of the molecule is Cc1cc(-c2nnc(NC3CC(OC(=O)c4ccccc4)C3)s2)nc2c(C(C)(C)C)cc(OCC(F)(F)F)cc12. The maximum atomic E-state index is 12.8. The van der Waals surface area contributed by atoms with Crippen molar-refractivity contribution in [3.05, 3.63) is 65.2 Å². The number of carbonyl (C=O) groups excluding carboxylic acids is 1. The molecule has 1 aliphatic rings. The summed E-state index contributed by atoms with van der Waals surface area (Å²) in [4.78, 5) is 17.1. The van der Waals surface area contributed by atoms with Crippen molar-refractivity contribution in [1.82, 2.24) is 15.2 Å². The van der Waals surface area contributed by atoms with Crippen LogP contribution < -0.4 is 10.1 Å². The minimum atomic E-state index is -4.43. The molecule has 0 amide bonds. The largest absolute Gasteiger partial charge is 0.484 e. The van der Waals surface area contributed by atoms with Gasteiger partial charge in [-0.1, -0.05) is 50.3 Å². The quantitative estimate of drug-likeness (QED) is 0.237. The van der Waals surface area contributed by atoms with Crippen molar-refractivity contribution in [3.8, 4) is 16.5 Å². The van der Waals surface area contributed by atoms with Crippen molar-refractivity contribution in [2.75, 3.05) is 11.9 Å². The van der Waals surface area contributed by atoms with Gasteiger partial charge in [-0.05, 0) is 53.8 Å². The lowest BCUT2D eigenvalue weighted by Gasteiger charge is -2.34. The predicted molar refractivity (Wildman–Crippen MR) is 148 cm³/mol. The number of nitrogens with one attached hydrogen (secondary N) is 1. The van der Waals surface area contributed by atoms with Gasteiger partial charge in [-0.25, -0.2) is 9.78 Å². The molecule has 0 unspecified atom stereocenters. The first-order valence-corrected chi connectivity index (χ1v) is 13.7. The number of hydrogen-bond acceptors (Lipinski definition) is 8. The maximum absolute atomic E-state index is 12.8. The molecule has 7 nitrogen and oxygen atoms in total. The van der Waals surface area contributed by atoms with Gasteiger partial charge in [-0.2, -0.15) is 13.2 Å². The molecule has 1 N–H and O–H groups in total. The first-order chi connectivity index (χ1) is 18.9. The number of halogens is 3. The molecule has 2 aromatic heterocycles. The first kappa shape index (κ1) is 27.8. The van der Waals surface area contributed by atoms with Crippen LogP contribution in [-0.2, 0) is 10.2 Å². The standard InChI is InChI=1S/C29H29F3N4O3S/c1-16-10-23(34-24-21(16)13-19(38-15-29(30,31)32)14-22(24)28(2,3)4)25-35-36-27(40-25)33-18-11-20(12-18)39-26(37)17-8-6-5-7-9-17/h5-10,13-14,18,20H,11-12,15H2,1-4H3,(H,33,36). The van der Waals surface area contributed by atoms with Gasteiger partial charge < -0.3 is 14.8 Å². The number of carbonyl (C=O) groups is 1. The molecule has 4 aromatic rings. The maximum Gasteiger partial charge on any atom is 0.422 e. The molecule has 2 heterocycles. The Morgan fingerprint density at radius 2 is 1.80 bits per heavy atom. The minimum Gasteiger partial charge on any atom is -0.484 e. The Morgan fingerprint density at radius 1 is 1.07 bits per heavy atom. The smallest absolute Gasteiger partial charge is 0.422 e. The number of anilines is 1. The fourth-order valence-electron chi connectivity index (χ4n) is 4.53. The Hall–Kier alpha value is -3.73. The summed E-state index contributed by atoms with van der Waals surface area (Å²) >= 11 is 1.37. The number of aryl methyl sites for hydroxylation is 1. The third-order valence-corrected chi connectivity index (χ3v) is 7.53. The van der Waals surface area contributed by atoms with Gasteiger partial charge in [0.15, 0.2) is 11.6 Å². The van der Waals surface area contributed by atoms with Crippen LogP contribution >= 0.6 is 11.3 Å². The normalized spacial score (nSPS) is 17.4. The lowest BCUT2D eigenvalue weighted by molar-refractivity contribution is -0.153. The van der Waals surface area contributed by atoms with Crippen LogP contribution in [-0.4, -0.2) is 46.1 Å². The average molecular weight is 571 g/mol. The van der Waals surface area contributed by atoms with Crippen LogP contribution in [0.3, 0.4) is 0 Å². The summed E-state index contributed by atoms with van der Waals surface area (Å²) in [7, 11) is 0. The molecule has 1 aliphatic carbocycles. The van der Waals surface area contributed by atoms with Crippen LogP contribution in [0, 0.1) is 6.92 Å². The van der Waals surface area contributed by atoms with E-state index in [4.69, 9.17) is 14.5 Å². The number of hydrogen-bond donors (Lipinski definition) is 1. The second-order valence-electron chi connectivity index (χ2n) is 11.0. The highest BCUT2D eigenvalue weighted by molar-refractivity contribution is 7.18. The predicted octanol–water partition coefficient (Wildman–Crippen LogP) is 7.10. The lowest BCUT2D eigenvalue weighted by atomic mass is 9.84. The lowest BCUT2D eigenvalue weighted by Crippen LogP contribution is -2.41. The van der Waals surface area contributed by atoms with Gasteiger partial charge in [0, 0.05) is 24.3 Å². The Bertz CT molecular complexity index is 1530. The van der Waals surface area contributed by atoms with E-state index in [9.17, 15) is 18.0 Å². The fraction of sp³-hybridized carbons (Fsp3) is 0.379. The van der Waals surface area contributed by atoms with Crippen LogP contribution in [0.25, 0.3) is 21.6 Å². The third kappa shape index (κ3) is 6.35. The fourth-order valence-corrected chi connectivity index (χ4v) is 5.31. The summed E-state index contributed by atoms with van der Waals surface area (Å²) in [5.41, 5.74) is 3.08. The molecular weight excluding hydrogens is 541 g/mol. The van der Waals surface area contributed by atoms with Gasteiger partial charge >= 0.3 is 12.1 Å². The number of rotatable bonds is 7. The van der Waals surface area contributed by atoms with Crippen molar-refractivity contribution < 1.29 is 27.4 Å². The molecule has 0 saturated heterocycles. The first-order valence-electron chi connectivity index (χ1n) is 12.9. The van der Waals surface area contributed by atoms with E-state index in [1.165, 1.54) is 11.3 Å². The zero-order valence-corrected chi connectivity index (χ0v) is 23.3. The summed E-state index contributed by atoms with van der Waals surface area (Å²) < 4.78 is 49.0. The van der Waals surface area contributed by atoms with Gasteiger partial charge in [-0.15, -0.1) is 10.2 Å². The number of alkyl halides is 3. The Labute approximate surface area is 233 Å². The van der Waals surface area contributed by atoms with E-state index in [0.717, 1.165) is 16.5 Å². The molecule has 11 heteroatoms. The van der Waals surface area contributed by atoms with E-state index in [-0.39, 0.29) is 23.9 Å². The summed E-state index contributed by atoms with van der Waals surface area (Å²) in [5.74, 6) is -0.170. The van der Waals surface area contributed by atoms with Crippen LogP contribution in [0.5, 0.6) is 5.75 Å². The summed E-state index contributed by atoms with van der Waals surface area (Å²) in [6.07, 6.45) is -3.23. The van der Waals surface area contributed by atoms with Crippen molar-refractivity contribution in [2.45, 2.75) is 64.3 Å². The third-order valence-electron chi connectivity index (χ3n) is 6.65. The van der Waals surface area contributed by atoms with Gasteiger partial charge in [0.1, 0.15) is 17.5 Å². The Morgan fingerprint density at radius 3 is 2.48 bits per heavy atom. The molecule has 1 saturated carbocycles. The highest BCUT2D eigenvalue weighted by atomic mass is 32.1. The molecular formula is C29H29F3N4O3S. The highest BCUT2D eigenvalue weighted by Crippen LogP contribution is 2.38. The van der Waals surface area contributed by atoms with E-state index < -0.39 is 18.2 Å². The van der Waals surface area contributed by atoms with E-state index in [2.05, 4.69) is 15.5 Å². The van der Waals surface area contributed by atoms with Crippen LogP contribution in [0.15, 0.2) is 48.5 Å². The van der Waals surface area contributed by atoms with Crippen molar-refractivity contribution in [1.29, 1.82) is 0 Å². The van der Waals surface area contributed by atoms with E-state index in [1.54, 1.807) is 36.4 Å². The van der Waals surface area contributed by atoms with Crippen molar-refractivity contribution >= 4 is 33.3 Å². The summed E-state index contributed by atoms with van der Waals surface area (Å²) in [5, 5.41) is 13.9. The van der Waals surface area contributed by atoms with E-state index in [1.807, 2.05) is 39.8 Å². The zero-order valence-electron chi connectivity index (χ0n) is 22.5. The van der Waals surface area contributed by atoms with Gasteiger partial charge in [-0.3, -0.25) is 0 Å². The number of nitrogens with zero attached hydrogens (tertiary/aromatic N) is 3. The molecule has 210 valence electrons. The summed E-state index contributed by atoms with van der Waals surface area (Å²) in [6.45, 7) is 6.47. The van der Waals surface area contributed by atoms with Crippen LogP contribution in [0.2, 0.25) is 0 Å². The Balaban J connectivity index is 1.30. The van der Waals surface area contributed by atoms with E-state index in [0.29, 0.717) is 39.8 Å². The van der Waals surface area contributed by atoms with Crippen molar-refractivity contribution in [3.63, 3.8) is 0 Å². The van der Waals surface area contributed by atoms with Crippen LogP contribution in [0.4, 0.5) is 18.3 Å². The van der Waals surface area contributed by atoms with Crippen LogP contribution in [0.1, 0.15) is 55.1 Å². The molecule has 40 heavy (non-hydrogen) atoms. The molecule has 0 aliphatic heterocycles. The number of benzene rings is 2. The second kappa shape index (κ2) is 10.7. The molecule has 0 radical (unpaired) electrons. The number of ether oxygens (including phenoxy) is 2. The monoisotopic (exact) mass is 570 g/mol.